The van der Waals surface area contributed by atoms with Crippen molar-refractivity contribution in [3.63, 3.8) is 0 Å². The van der Waals surface area contributed by atoms with E-state index in [0.717, 1.165) is 10.0 Å². The molecule has 0 spiro atoms. The highest BCUT2D eigenvalue weighted by molar-refractivity contribution is 7.99. The molecule has 1 fully saturated rings. The van der Waals surface area contributed by atoms with Gasteiger partial charge in [-0.2, -0.15) is 11.8 Å². The van der Waals surface area contributed by atoms with Gasteiger partial charge < -0.3 is 9.55 Å². The van der Waals surface area contributed by atoms with Crippen LogP contribution in [0.2, 0.25) is 0 Å². The van der Waals surface area contributed by atoms with Crippen LogP contribution in [0.15, 0.2) is 12.4 Å². The van der Waals surface area contributed by atoms with Crippen molar-refractivity contribution in [3.05, 3.63) is 17.2 Å². The second kappa shape index (κ2) is 4.53. The summed E-state index contributed by atoms with van der Waals surface area (Å²) in [5, 5.41) is 0.849. The van der Waals surface area contributed by atoms with Gasteiger partial charge in [-0.3, -0.25) is 0 Å². The molecule has 2 atom stereocenters. The van der Waals surface area contributed by atoms with Crippen molar-refractivity contribution in [1.82, 2.24) is 9.55 Å². The number of hydrogen-bond acceptors (Lipinski definition) is 2. The summed E-state index contributed by atoms with van der Waals surface area (Å²) in [5.41, 5.74) is 0. The first-order valence-corrected chi connectivity index (χ1v) is 6.64. The Morgan fingerprint density at radius 2 is 2.50 bits per heavy atom. The summed E-state index contributed by atoms with van der Waals surface area (Å²) >= 11 is 7.31. The van der Waals surface area contributed by atoms with E-state index in [1.54, 1.807) is 0 Å². The Bertz CT molecular complexity index is 342. The highest BCUT2D eigenvalue weighted by atomic mass is 32.2. The summed E-state index contributed by atoms with van der Waals surface area (Å²) in [6, 6.07) is 0.637. The van der Waals surface area contributed by atoms with Crippen molar-refractivity contribution in [3.8, 4) is 0 Å². The van der Waals surface area contributed by atoms with Crippen LogP contribution in [0.5, 0.6) is 0 Å². The van der Waals surface area contributed by atoms with Crippen LogP contribution in [-0.4, -0.2) is 20.6 Å². The van der Waals surface area contributed by atoms with Gasteiger partial charge in [-0.15, -0.1) is 0 Å². The highest BCUT2D eigenvalue weighted by Gasteiger charge is 2.25. The van der Waals surface area contributed by atoms with E-state index < -0.39 is 0 Å². The molecule has 1 aromatic heterocycles. The fourth-order valence-electron chi connectivity index (χ4n) is 2.18. The average Bonchev–Trinajstić information content (AvgIpc) is 2.74. The van der Waals surface area contributed by atoms with Crippen LogP contribution in [0.3, 0.4) is 0 Å². The van der Waals surface area contributed by atoms with Crippen LogP contribution in [0.4, 0.5) is 0 Å². The first kappa shape index (κ1) is 10.3. The summed E-state index contributed by atoms with van der Waals surface area (Å²) < 4.78 is 3.09. The number of imidazole rings is 1. The van der Waals surface area contributed by atoms with Gasteiger partial charge in [0.2, 0.25) is 0 Å². The molecule has 4 heteroatoms. The van der Waals surface area contributed by atoms with Gasteiger partial charge in [0.1, 0.15) is 0 Å². The Morgan fingerprint density at radius 1 is 1.64 bits per heavy atom. The largest absolute Gasteiger partial charge is 0.337 e. The summed E-state index contributed by atoms with van der Waals surface area (Å²) in [7, 11) is 0. The minimum Gasteiger partial charge on any atom is -0.337 e. The van der Waals surface area contributed by atoms with Gasteiger partial charge in [-0.1, -0.05) is 6.92 Å². The Hall–Kier alpha value is -0.220. The molecule has 2 unspecified atom stereocenters. The SMILES string of the molecule is CCSC1CCC(n2cc[nH]c2=S)C1. The molecule has 0 aliphatic heterocycles. The molecule has 14 heavy (non-hydrogen) atoms. The zero-order valence-electron chi connectivity index (χ0n) is 8.40. The first-order valence-electron chi connectivity index (χ1n) is 5.18. The van der Waals surface area contributed by atoms with E-state index in [-0.39, 0.29) is 0 Å². The number of rotatable bonds is 3. The Balaban J connectivity index is 2.02. The molecular formula is C10H16N2S2. The van der Waals surface area contributed by atoms with Crippen LogP contribution in [-0.2, 0) is 0 Å². The number of thioether (sulfide) groups is 1. The molecule has 1 aromatic rings. The molecule has 1 heterocycles. The van der Waals surface area contributed by atoms with Crippen LogP contribution in [0.25, 0.3) is 0 Å². The Morgan fingerprint density at radius 3 is 3.14 bits per heavy atom. The lowest BCUT2D eigenvalue weighted by Crippen LogP contribution is -2.05. The van der Waals surface area contributed by atoms with Gasteiger partial charge in [0.15, 0.2) is 4.77 Å². The van der Waals surface area contributed by atoms with Gasteiger partial charge in [-0.05, 0) is 37.2 Å². The van der Waals surface area contributed by atoms with E-state index in [0.29, 0.717) is 6.04 Å². The highest BCUT2D eigenvalue weighted by Crippen LogP contribution is 2.36. The molecule has 0 amide bonds. The summed E-state index contributed by atoms with van der Waals surface area (Å²) in [6.07, 6.45) is 7.92. The molecule has 0 aromatic carbocycles. The monoisotopic (exact) mass is 228 g/mol. The van der Waals surface area contributed by atoms with Crippen LogP contribution >= 0.6 is 24.0 Å². The minimum absolute atomic E-state index is 0.637. The topological polar surface area (TPSA) is 20.7 Å². The van der Waals surface area contributed by atoms with Gasteiger partial charge in [0, 0.05) is 23.7 Å². The average molecular weight is 228 g/mol. The van der Waals surface area contributed by atoms with Crippen LogP contribution in [0.1, 0.15) is 32.2 Å². The third kappa shape index (κ3) is 2.06. The van der Waals surface area contributed by atoms with E-state index >= 15 is 0 Å². The standard InChI is InChI=1S/C10H16N2S2/c1-2-14-9-4-3-8(7-9)12-6-5-11-10(12)13/h5-6,8-9H,2-4,7H2,1H3,(H,11,13). The quantitative estimate of drug-likeness (QED) is 0.800. The normalized spacial score (nSPS) is 26.9. The van der Waals surface area contributed by atoms with Gasteiger partial charge >= 0.3 is 0 Å². The van der Waals surface area contributed by atoms with Crippen molar-refractivity contribution in [2.45, 2.75) is 37.5 Å². The minimum atomic E-state index is 0.637. The summed E-state index contributed by atoms with van der Waals surface area (Å²) in [4.78, 5) is 3.06. The number of aromatic nitrogens is 2. The number of hydrogen-bond donors (Lipinski definition) is 1. The predicted octanol–water partition coefficient (Wildman–Crippen LogP) is 3.39. The second-order valence-electron chi connectivity index (χ2n) is 3.72. The van der Waals surface area contributed by atoms with E-state index in [1.165, 1.54) is 25.0 Å². The number of H-pyrrole nitrogens is 1. The molecule has 2 rings (SSSR count). The summed E-state index contributed by atoms with van der Waals surface area (Å²) in [6.45, 7) is 2.24. The van der Waals surface area contributed by atoms with E-state index in [9.17, 15) is 0 Å². The lowest BCUT2D eigenvalue weighted by molar-refractivity contribution is 0.514. The maximum absolute atomic E-state index is 5.23. The second-order valence-corrected chi connectivity index (χ2v) is 5.68. The van der Waals surface area contributed by atoms with E-state index in [1.807, 2.05) is 6.20 Å². The van der Waals surface area contributed by atoms with Crippen molar-refractivity contribution >= 4 is 24.0 Å². The van der Waals surface area contributed by atoms with Gasteiger partial charge in [-0.25, -0.2) is 0 Å². The van der Waals surface area contributed by atoms with Crippen LogP contribution in [0, 0.1) is 4.77 Å². The molecule has 1 aliphatic carbocycles. The van der Waals surface area contributed by atoms with Crippen molar-refractivity contribution in [2.75, 3.05) is 5.75 Å². The number of nitrogens with one attached hydrogen (secondary N) is 1. The third-order valence-corrected chi connectivity index (χ3v) is 4.39. The smallest absolute Gasteiger partial charge is 0.177 e. The van der Waals surface area contributed by atoms with Crippen molar-refractivity contribution in [1.29, 1.82) is 0 Å². The molecule has 0 radical (unpaired) electrons. The molecule has 1 N–H and O–H groups in total. The zero-order chi connectivity index (χ0) is 9.97. The number of aromatic amines is 1. The molecule has 78 valence electrons. The molecule has 0 bridgehead atoms. The van der Waals surface area contributed by atoms with Crippen molar-refractivity contribution in [2.24, 2.45) is 0 Å². The van der Waals surface area contributed by atoms with Crippen molar-refractivity contribution < 1.29 is 0 Å². The third-order valence-electron chi connectivity index (χ3n) is 2.83. The fourth-order valence-corrected chi connectivity index (χ4v) is 3.59. The predicted molar refractivity (Wildman–Crippen MR) is 64.4 cm³/mol. The van der Waals surface area contributed by atoms with E-state index in [4.69, 9.17) is 12.2 Å². The molecular weight excluding hydrogens is 212 g/mol. The van der Waals surface area contributed by atoms with Gasteiger partial charge in [0.25, 0.3) is 0 Å². The molecule has 0 saturated heterocycles. The molecule has 2 nitrogen and oxygen atoms in total. The van der Waals surface area contributed by atoms with E-state index in [2.05, 4.69) is 34.4 Å². The fraction of sp³-hybridized carbons (Fsp3) is 0.700. The molecule has 1 aliphatic rings. The lowest BCUT2D eigenvalue weighted by atomic mass is 10.2. The maximum Gasteiger partial charge on any atom is 0.177 e. The Kier molecular flexibility index (Phi) is 3.34. The summed E-state index contributed by atoms with van der Waals surface area (Å²) in [5.74, 6) is 1.23. The maximum atomic E-state index is 5.23. The first-order chi connectivity index (χ1) is 6.81. The zero-order valence-corrected chi connectivity index (χ0v) is 10.0. The van der Waals surface area contributed by atoms with Crippen LogP contribution < -0.4 is 0 Å². The molecule has 1 saturated carbocycles. The van der Waals surface area contributed by atoms with Gasteiger partial charge in [0.05, 0.1) is 0 Å². The number of nitrogens with zero attached hydrogens (tertiary/aromatic N) is 1. The lowest BCUT2D eigenvalue weighted by Gasteiger charge is -2.11. The Labute approximate surface area is 94.1 Å².